The van der Waals surface area contributed by atoms with Crippen LogP contribution < -0.4 is 0 Å². The fourth-order valence-corrected chi connectivity index (χ4v) is 3.58. The largest absolute Gasteiger partial charge is 0.372 e. The number of ether oxygens (including phenoxy) is 2. The second-order valence-electron chi connectivity index (χ2n) is 6.24. The lowest BCUT2D eigenvalue weighted by Crippen LogP contribution is -2.54. The number of rotatable bonds is 4. The van der Waals surface area contributed by atoms with Gasteiger partial charge in [0.1, 0.15) is 11.8 Å². The Morgan fingerprint density at radius 1 is 1.24 bits per heavy atom. The molecule has 130 valence electrons. The number of hydrogen-bond donors (Lipinski definition) is 0. The SMILES string of the molecule is O=C(c1cnccn1)N1CCO[C@H]2[C@@H](OCc3ccccn3)CC[C@@H]21. The van der Waals surface area contributed by atoms with Crippen LogP contribution in [-0.2, 0) is 16.1 Å². The number of carbonyl (C=O) groups excluding carboxylic acids is 1. The third-order valence-corrected chi connectivity index (χ3v) is 4.75. The Labute approximate surface area is 146 Å². The minimum Gasteiger partial charge on any atom is -0.372 e. The van der Waals surface area contributed by atoms with Gasteiger partial charge in [0.25, 0.3) is 5.91 Å². The molecule has 1 saturated heterocycles. The van der Waals surface area contributed by atoms with Gasteiger partial charge < -0.3 is 14.4 Å². The lowest BCUT2D eigenvalue weighted by molar-refractivity contribution is -0.109. The molecule has 1 saturated carbocycles. The van der Waals surface area contributed by atoms with Crippen LogP contribution in [0.5, 0.6) is 0 Å². The maximum absolute atomic E-state index is 12.7. The van der Waals surface area contributed by atoms with E-state index in [1.807, 2.05) is 23.1 Å². The van der Waals surface area contributed by atoms with Gasteiger partial charge in [-0.3, -0.25) is 14.8 Å². The molecule has 0 bridgehead atoms. The van der Waals surface area contributed by atoms with Crippen LogP contribution in [0.15, 0.2) is 43.0 Å². The van der Waals surface area contributed by atoms with Gasteiger partial charge in [0.2, 0.25) is 0 Å². The van der Waals surface area contributed by atoms with E-state index in [0.29, 0.717) is 25.5 Å². The van der Waals surface area contributed by atoms with Gasteiger partial charge in [0, 0.05) is 25.1 Å². The zero-order valence-corrected chi connectivity index (χ0v) is 13.8. The molecule has 1 amide bonds. The summed E-state index contributed by atoms with van der Waals surface area (Å²) >= 11 is 0. The van der Waals surface area contributed by atoms with Crippen LogP contribution in [-0.4, -0.2) is 57.2 Å². The molecule has 1 aliphatic carbocycles. The predicted molar refractivity (Wildman–Crippen MR) is 88.6 cm³/mol. The first-order valence-corrected chi connectivity index (χ1v) is 8.53. The van der Waals surface area contributed by atoms with Gasteiger partial charge in [0.05, 0.1) is 37.3 Å². The molecule has 2 aromatic rings. The van der Waals surface area contributed by atoms with E-state index in [9.17, 15) is 4.79 Å². The molecule has 7 heteroatoms. The number of amides is 1. The third-order valence-electron chi connectivity index (χ3n) is 4.75. The number of nitrogens with zero attached hydrogens (tertiary/aromatic N) is 4. The molecule has 0 N–H and O–H groups in total. The Morgan fingerprint density at radius 2 is 2.20 bits per heavy atom. The van der Waals surface area contributed by atoms with Crippen molar-refractivity contribution in [3.05, 3.63) is 54.4 Å². The highest BCUT2D eigenvalue weighted by Crippen LogP contribution is 2.33. The predicted octanol–water partition coefficient (Wildman–Crippen LogP) is 1.46. The fourth-order valence-electron chi connectivity index (χ4n) is 3.58. The summed E-state index contributed by atoms with van der Waals surface area (Å²) in [7, 11) is 0. The normalized spacial score (nSPS) is 25.6. The molecule has 3 heterocycles. The molecule has 2 fully saturated rings. The van der Waals surface area contributed by atoms with Gasteiger partial charge in [0.15, 0.2) is 0 Å². The molecule has 2 aromatic heterocycles. The zero-order valence-electron chi connectivity index (χ0n) is 13.8. The van der Waals surface area contributed by atoms with Gasteiger partial charge in [-0.2, -0.15) is 0 Å². The Hall–Kier alpha value is -2.38. The third kappa shape index (κ3) is 3.38. The van der Waals surface area contributed by atoms with E-state index in [2.05, 4.69) is 15.0 Å². The molecule has 0 aromatic carbocycles. The summed E-state index contributed by atoms with van der Waals surface area (Å²) in [5, 5.41) is 0. The minimum absolute atomic E-state index is 0.0236. The maximum Gasteiger partial charge on any atom is 0.274 e. The Bertz CT molecular complexity index is 713. The molecule has 25 heavy (non-hydrogen) atoms. The average Bonchev–Trinajstić information content (AvgIpc) is 3.10. The van der Waals surface area contributed by atoms with Crippen molar-refractivity contribution in [3.63, 3.8) is 0 Å². The standard InChI is InChI=1S/C18H20N4O3/c23-18(14-11-19-7-8-21-14)22-9-10-24-17-15(22)4-5-16(17)25-12-13-3-1-2-6-20-13/h1-3,6-8,11,15-17H,4-5,9-10,12H2/t15-,16-,17+/m0/s1. The van der Waals surface area contributed by atoms with Gasteiger partial charge in [-0.15, -0.1) is 0 Å². The number of carbonyl (C=O) groups is 1. The van der Waals surface area contributed by atoms with E-state index in [1.54, 1.807) is 18.6 Å². The Morgan fingerprint density at radius 3 is 3.00 bits per heavy atom. The molecule has 0 unspecified atom stereocenters. The average molecular weight is 340 g/mol. The molecule has 0 spiro atoms. The van der Waals surface area contributed by atoms with Crippen molar-refractivity contribution < 1.29 is 14.3 Å². The first-order valence-electron chi connectivity index (χ1n) is 8.53. The van der Waals surface area contributed by atoms with Crippen LogP contribution in [0, 0.1) is 0 Å². The van der Waals surface area contributed by atoms with Gasteiger partial charge in [-0.1, -0.05) is 6.07 Å². The highest BCUT2D eigenvalue weighted by atomic mass is 16.5. The van der Waals surface area contributed by atoms with Crippen LogP contribution in [0.25, 0.3) is 0 Å². The molecule has 4 rings (SSSR count). The molecule has 3 atom stereocenters. The van der Waals surface area contributed by atoms with E-state index in [0.717, 1.165) is 18.5 Å². The molecular weight excluding hydrogens is 320 g/mol. The lowest BCUT2D eigenvalue weighted by Gasteiger charge is -2.38. The van der Waals surface area contributed by atoms with Gasteiger partial charge in [-0.05, 0) is 25.0 Å². The number of morpholine rings is 1. The summed E-state index contributed by atoms with van der Waals surface area (Å²) in [6, 6.07) is 5.80. The van der Waals surface area contributed by atoms with Crippen LogP contribution in [0.1, 0.15) is 29.0 Å². The van der Waals surface area contributed by atoms with Crippen molar-refractivity contribution in [3.8, 4) is 0 Å². The van der Waals surface area contributed by atoms with E-state index < -0.39 is 0 Å². The van der Waals surface area contributed by atoms with Crippen molar-refractivity contribution in [2.45, 2.75) is 37.7 Å². The fraction of sp³-hybridized carbons (Fsp3) is 0.444. The second-order valence-corrected chi connectivity index (χ2v) is 6.24. The molecule has 2 aliphatic rings. The summed E-state index contributed by atoms with van der Waals surface area (Å²) in [4.78, 5) is 27.0. The first kappa shape index (κ1) is 16.1. The maximum atomic E-state index is 12.7. The van der Waals surface area contributed by atoms with Crippen molar-refractivity contribution in [2.24, 2.45) is 0 Å². The highest BCUT2D eigenvalue weighted by molar-refractivity contribution is 5.92. The second kappa shape index (κ2) is 7.25. The molecule has 0 radical (unpaired) electrons. The van der Waals surface area contributed by atoms with E-state index in [-0.39, 0.29) is 24.2 Å². The summed E-state index contributed by atoms with van der Waals surface area (Å²) in [6.45, 7) is 1.54. The zero-order chi connectivity index (χ0) is 17.1. The lowest BCUT2D eigenvalue weighted by atomic mass is 10.1. The number of pyridine rings is 1. The van der Waals surface area contributed by atoms with Gasteiger partial charge >= 0.3 is 0 Å². The molecule has 1 aliphatic heterocycles. The topological polar surface area (TPSA) is 77.4 Å². The number of fused-ring (bicyclic) bond motifs is 1. The Kier molecular flexibility index (Phi) is 4.67. The van der Waals surface area contributed by atoms with Crippen LogP contribution in [0.4, 0.5) is 0 Å². The van der Waals surface area contributed by atoms with Crippen LogP contribution in [0.2, 0.25) is 0 Å². The van der Waals surface area contributed by atoms with Crippen molar-refractivity contribution in [2.75, 3.05) is 13.2 Å². The number of hydrogen-bond acceptors (Lipinski definition) is 6. The monoisotopic (exact) mass is 340 g/mol. The first-order chi connectivity index (χ1) is 12.3. The van der Waals surface area contributed by atoms with E-state index in [1.165, 1.54) is 6.20 Å². The van der Waals surface area contributed by atoms with Crippen LogP contribution in [0.3, 0.4) is 0 Å². The van der Waals surface area contributed by atoms with Gasteiger partial charge in [-0.25, -0.2) is 4.98 Å². The number of aromatic nitrogens is 3. The smallest absolute Gasteiger partial charge is 0.274 e. The van der Waals surface area contributed by atoms with E-state index >= 15 is 0 Å². The molecule has 7 nitrogen and oxygen atoms in total. The molecular formula is C18H20N4O3. The van der Waals surface area contributed by atoms with E-state index in [4.69, 9.17) is 9.47 Å². The van der Waals surface area contributed by atoms with Crippen molar-refractivity contribution in [1.29, 1.82) is 0 Å². The minimum atomic E-state index is -0.0990. The summed E-state index contributed by atoms with van der Waals surface area (Å²) in [6.07, 6.45) is 7.98. The van der Waals surface area contributed by atoms with Crippen molar-refractivity contribution >= 4 is 5.91 Å². The van der Waals surface area contributed by atoms with Crippen molar-refractivity contribution in [1.82, 2.24) is 19.9 Å². The summed E-state index contributed by atoms with van der Waals surface area (Å²) in [5.41, 5.74) is 1.27. The summed E-state index contributed by atoms with van der Waals surface area (Å²) in [5.74, 6) is -0.0863. The quantitative estimate of drug-likeness (QED) is 0.839. The Balaban J connectivity index is 1.42. The van der Waals surface area contributed by atoms with Crippen LogP contribution >= 0.6 is 0 Å². The highest BCUT2D eigenvalue weighted by Gasteiger charge is 2.45. The summed E-state index contributed by atoms with van der Waals surface area (Å²) < 4.78 is 12.0.